The number of unbranched alkanes of at least 4 members (excludes halogenated alkanes) is 10. The Kier molecular flexibility index (Phi) is 31.0. The van der Waals surface area contributed by atoms with E-state index >= 15 is 0 Å². The number of aliphatic carboxylic acids is 2. The molecule has 0 fully saturated rings. The van der Waals surface area contributed by atoms with Crippen LogP contribution in [0.5, 0.6) is 0 Å². The van der Waals surface area contributed by atoms with Crippen LogP contribution in [0.2, 0.25) is 5.02 Å². The van der Waals surface area contributed by atoms with Gasteiger partial charge in [0.15, 0.2) is 0 Å². The summed E-state index contributed by atoms with van der Waals surface area (Å²) in [5, 5.41) is 33.2. The number of furan rings is 1. The average Bonchev–Trinajstić information content (AvgIpc) is 3.72. The van der Waals surface area contributed by atoms with E-state index in [4.69, 9.17) is 31.4 Å². The lowest BCUT2D eigenvalue weighted by Crippen LogP contribution is -2.28. The first-order chi connectivity index (χ1) is 29.4. The SMILES string of the molecule is NS(=O)(=O)c1cc(C(=O)O)c(N(CC/C=C\C/C=C\C/C=C\CCCCCCCC(=O)O)Cc2ccco2)c(CC/C=C\C/C=C\C/C=C\CCCCCCCC(=O)O)c1Cl.[Al]. The fourth-order valence-corrected chi connectivity index (χ4v) is 7.87. The Morgan fingerprint density at radius 1 is 0.661 bits per heavy atom. The van der Waals surface area contributed by atoms with Crippen LogP contribution in [0.1, 0.15) is 150 Å². The molecule has 1 heterocycles. The van der Waals surface area contributed by atoms with Crippen molar-refractivity contribution in [3.05, 3.63) is 119 Å². The number of aromatic carboxylic acids is 1. The molecule has 0 aliphatic carbocycles. The number of carboxylic acid groups (broad SMARTS) is 3. The highest BCUT2D eigenvalue weighted by atomic mass is 35.5. The van der Waals surface area contributed by atoms with Crippen LogP contribution in [0.15, 0.2) is 107 Å². The molecule has 1 aromatic heterocycles. The van der Waals surface area contributed by atoms with Crippen LogP contribution in [0.3, 0.4) is 0 Å². The minimum atomic E-state index is -4.33. The number of rotatable bonds is 35. The van der Waals surface area contributed by atoms with Gasteiger partial charge >= 0.3 is 17.9 Å². The Morgan fingerprint density at radius 3 is 1.56 bits per heavy atom. The summed E-state index contributed by atoms with van der Waals surface area (Å²) in [5.41, 5.74) is 0.512. The van der Waals surface area contributed by atoms with E-state index < -0.39 is 32.8 Å². The highest BCUT2D eigenvalue weighted by Crippen LogP contribution is 2.38. The van der Waals surface area contributed by atoms with Gasteiger partial charge in [0.05, 0.1) is 29.1 Å². The molecule has 0 saturated heterocycles. The average molecular weight is 911 g/mol. The lowest BCUT2D eigenvalue weighted by Gasteiger charge is -2.29. The summed E-state index contributed by atoms with van der Waals surface area (Å²) in [6.45, 7) is 0.644. The number of nitrogens with zero attached hydrogens (tertiary/aromatic N) is 1. The third-order valence-corrected chi connectivity index (χ3v) is 11.3. The fraction of sp³-hybridized carbons (Fsp3) is 0.479. The predicted octanol–water partition coefficient (Wildman–Crippen LogP) is 11.8. The number of hydrogen-bond donors (Lipinski definition) is 4. The molecule has 3 radical (unpaired) electrons. The zero-order chi connectivity index (χ0) is 44.6. The number of nitrogens with two attached hydrogens (primary N) is 1. The molecule has 2 aromatic rings. The van der Waals surface area contributed by atoms with Crippen molar-refractivity contribution in [2.24, 2.45) is 5.14 Å². The molecule has 0 unspecified atom stereocenters. The Balaban J connectivity index is 0.0000192. The van der Waals surface area contributed by atoms with Gasteiger partial charge in [-0.2, -0.15) is 0 Å². The molecule has 62 heavy (non-hydrogen) atoms. The van der Waals surface area contributed by atoms with Crippen molar-refractivity contribution in [1.29, 1.82) is 0 Å². The van der Waals surface area contributed by atoms with E-state index in [2.05, 4.69) is 54.7 Å². The smallest absolute Gasteiger partial charge is 0.337 e. The molecule has 14 heteroatoms. The van der Waals surface area contributed by atoms with Crippen LogP contribution < -0.4 is 10.0 Å². The van der Waals surface area contributed by atoms with Crippen LogP contribution in [-0.2, 0) is 32.6 Å². The highest BCUT2D eigenvalue weighted by Gasteiger charge is 2.28. The number of primary sulfonamides is 1. The Morgan fingerprint density at radius 2 is 1.11 bits per heavy atom. The van der Waals surface area contributed by atoms with E-state index in [1.54, 1.807) is 18.4 Å². The van der Waals surface area contributed by atoms with Gasteiger partial charge in [-0.1, -0.05) is 123 Å². The van der Waals surface area contributed by atoms with Gasteiger partial charge in [-0.05, 0) is 107 Å². The zero-order valence-corrected chi connectivity index (χ0v) is 38.9. The van der Waals surface area contributed by atoms with E-state index in [1.165, 1.54) is 0 Å². The van der Waals surface area contributed by atoms with Crippen molar-refractivity contribution < 1.29 is 42.5 Å². The van der Waals surface area contributed by atoms with Gasteiger partial charge < -0.3 is 24.6 Å². The summed E-state index contributed by atoms with van der Waals surface area (Å²) < 4.78 is 30.9. The molecule has 0 saturated carbocycles. The number of sulfonamides is 1. The van der Waals surface area contributed by atoms with Crippen molar-refractivity contribution in [2.45, 2.75) is 146 Å². The molecule has 0 atom stereocenters. The van der Waals surface area contributed by atoms with Crippen molar-refractivity contribution in [3.8, 4) is 0 Å². The summed E-state index contributed by atoms with van der Waals surface area (Å²) in [6, 6.07) is 4.61. The number of benzene rings is 1. The van der Waals surface area contributed by atoms with E-state index in [0.717, 1.165) is 102 Å². The van der Waals surface area contributed by atoms with Crippen LogP contribution >= 0.6 is 11.6 Å². The number of carbonyl (C=O) groups is 3. The lowest BCUT2D eigenvalue weighted by atomic mass is 10.00. The van der Waals surface area contributed by atoms with E-state index in [1.807, 2.05) is 23.1 Å². The summed E-state index contributed by atoms with van der Waals surface area (Å²) in [6.07, 6.45) is 43.5. The minimum absolute atomic E-state index is 0. The maximum Gasteiger partial charge on any atom is 0.337 e. The van der Waals surface area contributed by atoms with Crippen molar-refractivity contribution in [3.63, 3.8) is 0 Å². The number of halogens is 1. The molecular weight excluding hydrogens is 843 g/mol. The second kappa shape index (κ2) is 34.4. The number of carboxylic acids is 3. The van der Waals surface area contributed by atoms with Gasteiger partial charge in [-0.15, -0.1) is 0 Å². The molecule has 5 N–H and O–H groups in total. The molecule has 2 rings (SSSR count). The van der Waals surface area contributed by atoms with Gasteiger partial charge in [0.2, 0.25) is 10.0 Å². The van der Waals surface area contributed by atoms with E-state index in [-0.39, 0.29) is 53.8 Å². The normalized spacial score (nSPS) is 12.2. The molecule has 339 valence electrons. The third kappa shape index (κ3) is 25.7. The molecular formula is C48H67AlClN2O9S. The molecule has 0 spiro atoms. The second-order valence-electron chi connectivity index (χ2n) is 14.9. The van der Waals surface area contributed by atoms with Gasteiger partial charge in [0.25, 0.3) is 0 Å². The Hall–Kier alpha value is -4.12. The van der Waals surface area contributed by atoms with Crippen molar-refractivity contribution in [2.75, 3.05) is 11.4 Å². The monoisotopic (exact) mass is 909 g/mol. The van der Waals surface area contributed by atoms with Gasteiger partial charge in [0.1, 0.15) is 10.7 Å². The highest BCUT2D eigenvalue weighted by molar-refractivity contribution is 7.89. The summed E-state index contributed by atoms with van der Waals surface area (Å²) in [4.78, 5) is 35.4. The van der Waals surface area contributed by atoms with Crippen LogP contribution in [0, 0.1) is 0 Å². The maximum atomic E-state index is 12.7. The van der Waals surface area contributed by atoms with E-state index in [0.29, 0.717) is 42.8 Å². The van der Waals surface area contributed by atoms with Gasteiger partial charge in [-0.3, -0.25) is 9.59 Å². The topological polar surface area (TPSA) is 188 Å². The van der Waals surface area contributed by atoms with Gasteiger partial charge in [0, 0.05) is 36.7 Å². The predicted molar refractivity (Wildman–Crippen MR) is 251 cm³/mol. The first-order valence-electron chi connectivity index (χ1n) is 21.6. The van der Waals surface area contributed by atoms with Crippen LogP contribution in [0.25, 0.3) is 0 Å². The zero-order valence-electron chi connectivity index (χ0n) is 36.2. The standard InChI is InChI=1S/C48H67ClN2O9S.Al/c49-46-41(33-27-23-19-15-11-7-3-1-4-8-12-16-20-24-28-34-44(52)53)47(42(48(56)57)38-43(46)61(50,58)59)51(39-40-32-31-37-60-40)36-30-26-22-18-14-10-6-2-5-9-13-17-21-25-29-35-45(54)55;/h1-2,4-5,7,10-11,14,19,22-23,26,31-32,37-38H,3,6,8-9,12-13,15-18,20-21,24-25,27-30,33-36,39H2,(H,52,53)(H,54,55)(H,56,57)(H2,50,58,59);/b4-1-,5-2-,11-7-,14-10-,23-19-,26-22-;. The fourth-order valence-electron chi connectivity index (χ4n) is 6.65. The number of hydrogen-bond acceptors (Lipinski definition) is 7. The number of allylic oxidation sites excluding steroid dienone is 11. The summed E-state index contributed by atoms with van der Waals surface area (Å²) in [7, 11) is -4.33. The number of anilines is 1. The molecule has 0 bridgehead atoms. The Bertz CT molecular complexity index is 1890. The van der Waals surface area contributed by atoms with Crippen LogP contribution in [0.4, 0.5) is 5.69 Å². The van der Waals surface area contributed by atoms with Crippen molar-refractivity contribution in [1.82, 2.24) is 0 Å². The summed E-state index contributed by atoms with van der Waals surface area (Å²) in [5.74, 6) is -2.15. The maximum absolute atomic E-state index is 12.7. The first kappa shape index (κ1) is 55.9. The Labute approximate surface area is 385 Å². The largest absolute Gasteiger partial charge is 0.481 e. The molecule has 0 aliphatic heterocycles. The van der Waals surface area contributed by atoms with Crippen molar-refractivity contribution >= 4 is 62.6 Å². The molecule has 1 aromatic carbocycles. The minimum Gasteiger partial charge on any atom is -0.481 e. The lowest BCUT2D eigenvalue weighted by molar-refractivity contribution is -0.138. The third-order valence-electron chi connectivity index (χ3n) is 9.82. The quantitative estimate of drug-likeness (QED) is 0.0294. The van der Waals surface area contributed by atoms with Gasteiger partial charge in [-0.25, -0.2) is 18.4 Å². The molecule has 0 amide bonds. The molecule has 0 aliphatic rings. The molecule has 11 nitrogen and oxygen atoms in total. The summed E-state index contributed by atoms with van der Waals surface area (Å²) >= 11 is 6.79. The second-order valence-corrected chi connectivity index (χ2v) is 16.8. The van der Waals surface area contributed by atoms with Crippen LogP contribution in [-0.4, -0.2) is 65.6 Å². The first-order valence-corrected chi connectivity index (χ1v) is 23.6. The van der Waals surface area contributed by atoms with E-state index in [9.17, 15) is 27.9 Å².